The number of hydrogen-bond donors (Lipinski definition) is 3. The Balaban J connectivity index is 5.40. The van der Waals surface area contributed by atoms with Crippen LogP contribution in [-0.4, -0.2) is 96.7 Å². The fourth-order valence-corrected chi connectivity index (χ4v) is 12.3. The molecule has 0 aliphatic heterocycles. The van der Waals surface area contributed by atoms with E-state index in [1.165, 1.54) is 141 Å². The second kappa shape index (κ2) is 73.5. The van der Waals surface area contributed by atoms with Crippen LogP contribution in [0.1, 0.15) is 349 Å². The molecule has 0 spiro atoms. The highest BCUT2D eigenvalue weighted by Crippen LogP contribution is 2.45. The van der Waals surface area contributed by atoms with Gasteiger partial charge in [-0.15, -0.1) is 0 Å². The predicted octanol–water partition coefficient (Wildman–Crippen LogP) is 23.0. The number of aliphatic hydroxyl groups is 1. The fourth-order valence-electron chi connectivity index (χ4n) is 10.7. The van der Waals surface area contributed by atoms with Gasteiger partial charge in [-0.1, -0.05) is 293 Å². The minimum atomic E-state index is -4.99. The third-order valence-electron chi connectivity index (χ3n) is 16.9. The lowest BCUT2D eigenvalue weighted by molar-refractivity contribution is -0.161. The Hall–Kier alpha value is -3.76. The van der Waals surface area contributed by atoms with Crippen molar-refractivity contribution in [3.05, 3.63) is 85.1 Å². The van der Waals surface area contributed by atoms with E-state index in [0.29, 0.717) is 32.1 Å². The van der Waals surface area contributed by atoms with E-state index in [0.717, 1.165) is 122 Å². The molecule has 0 radical (unpaired) electrons. The van der Waals surface area contributed by atoms with Crippen molar-refractivity contribution in [2.24, 2.45) is 0 Å². The minimum absolute atomic E-state index is 0.0217. The van der Waals surface area contributed by atoms with Crippen LogP contribution in [0.5, 0.6) is 0 Å². The monoisotopic (exact) mass is 1450 g/mol. The molecule has 0 aromatic heterocycles. The summed E-state index contributed by atoms with van der Waals surface area (Å²) < 4.78 is 68.5. The molecule has 0 fully saturated rings. The van der Waals surface area contributed by atoms with E-state index in [1.807, 2.05) is 12.2 Å². The Kier molecular flexibility index (Phi) is 70.8. The highest BCUT2D eigenvalue weighted by molar-refractivity contribution is 7.47. The maximum atomic E-state index is 13.1. The quantitative estimate of drug-likeness (QED) is 0.0128. The van der Waals surface area contributed by atoms with Crippen molar-refractivity contribution in [3.63, 3.8) is 0 Å². The number of rotatable bonds is 75. The molecule has 17 nitrogen and oxygen atoms in total. The van der Waals surface area contributed by atoms with Gasteiger partial charge < -0.3 is 33.8 Å². The molecule has 3 N–H and O–H groups in total. The lowest BCUT2D eigenvalue weighted by Crippen LogP contribution is -2.30. The Morgan fingerprint density at radius 1 is 0.290 bits per heavy atom. The zero-order valence-corrected chi connectivity index (χ0v) is 65.2. The van der Waals surface area contributed by atoms with Crippen LogP contribution in [0, 0.1) is 0 Å². The summed E-state index contributed by atoms with van der Waals surface area (Å²) in [6, 6.07) is 0. The Labute approximate surface area is 608 Å². The summed E-state index contributed by atoms with van der Waals surface area (Å²) in [5.41, 5.74) is 0. The van der Waals surface area contributed by atoms with Crippen LogP contribution >= 0.6 is 15.6 Å². The van der Waals surface area contributed by atoms with Crippen molar-refractivity contribution in [2.75, 3.05) is 39.6 Å². The Morgan fingerprint density at radius 3 is 0.890 bits per heavy atom. The number of ether oxygens (including phenoxy) is 4. The predicted molar refractivity (Wildman–Crippen MR) is 409 cm³/mol. The van der Waals surface area contributed by atoms with Gasteiger partial charge in [-0.3, -0.25) is 37.3 Å². The summed E-state index contributed by atoms with van der Waals surface area (Å²) in [5, 5.41) is 10.6. The first-order chi connectivity index (χ1) is 48.7. The van der Waals surface area contributed by atoms with Crippen LogP contribution in [0.2, 0.25) is 0 Å². The number of unbranched alkanes of at least 4 members (excludes halogenated alkanes) is 36. The molecule has 0 aromatic rings. The second-order valence-corrected chi connectivity index (χ2v) is 29.6. The average Bonchev–Trinajstić information content (AvgIpc) is 1.13. The SMILES string of the molecule is CCCCC/C=C\C/C=C\C/C=C\C/C=C\CCCC(=O)O[C@H](COC(=O)CCCCCCCCCCCCCCC)COP(=O)(O)OC[C@@H](O)COP(=O)(O)OC[C@@H](COC(=O)CCCCCCC/C=C\C=C/CCCCCC)OC(=O)CCCCCCC/C=C\CCCCCCCC. The summed E-state index contributed by atoms with van der Waals surface area (Å²) in [7, 11) is -9.97. The number of carbonyl (C=O) groups is 4. The number of hydrogen-bond acceptors (Lipinski definition) is 15. The molecular formula is C81H144O17P2. The van der Waals surface area contributed by atoms with E-state index in [1.54, 1.807) is 0 Å². The zero-order valence-electron chi connectivity index (χ0n) is 63.4. The number of allylic oxidation sites excluding steroid dienone is 14. The number of aliphatic hydroxyl groups excluding tert-OH is 1. The largest absolute Gasteiger partial charge is 0.472 e. The molecule has 0 amide bonds. The van der Waals surface area contributed by atoms with Crippen molar-refractivity contribution < 1.29 is 80.2 Å². The molecule has 2 unspecified atom stereocenters. The third kappa shape index (κ3) is 72.6. The molecule has 0 bridgehead atoms. The molecule has 0 saturated carbocycles. The molecule has 0 rings (SSSR count). The van der Waals surface area contributed by atoms with E-state index in [9.17, 15) is 43.2 Å². The highest BCUT2D eigenvalue weighted by atomic mass is 31.2. The van der Waals surface area contributed by atoms with Gasteiger partial charge in [0, 0.05) is 25.7 Å². The van der Waals surface area contributed by atoms with Gasteiger partial charge in [0.25, 0.3) is 0 Å². The molecule has 0 saturated heterocycles. The standard InChI is InChI=1S/C81H144O17P2/c1-5-9-13-17-21-25-29-33-36-37-40-44-48-52-56-60-64-68-81(86)98-76(71-91-78(83)65-61-57-53-49-45-41-32-28-24-20-16-12-8-4)73-95-99(87,88)93-69-75(82)70-94-100(89,90)96-74-77(97-80(85)67-63-59-55-51-47-43-39-35-31-27-23-19-15-11-7-3)72-92-79(84)66-62-58-54-50-46-42-38-34-30-26-22-18-14-10-6-2/h21,25-26,30,33-36,38-40,44,52,56,75-77,82H,5-20,22-24,27-29,31-32,37,41-43,45-51,53-55,57-74H2,1-4H3,(H,87,88)(H,89,90)/b25-21-,30-26-,36-33-,38-34-,39-35-,44-40-,56-52-/t75-,76-,77-/m1/s1. The van der Waals surface area contributed by atoms with Crippen molar-refractivity contribution in [1.29, 1.82) is 0 Å². The normalized spacial score (nSPS) is 14.3. The van der Waals surface area contributed by atoms with E-state index in [-0.39, 0.29) is 25.7 Å². The van der Waals surface area contributed by atoms with Gasteiger partial charge in [0.1, 0.15) is 19.3 Å². The molecule has 0 aliphatic rings. The average molecular weight is 1450 g/mol. The van der Waals surface area contributed by atoms with Crippen LogP contribution < -0.4 is 0 Å². The van der Waals surface area contributed by atoms with Crippen LogP contribution in [0.3, 0.4) is 0 Å². The molecule has 100 heavy (non-hydrogen) atoms. The van der Waals surface area contributed by atoms with Crippen molar-refractivity contribution in [3.8, 4) is 0 Å². The van der Waals surface area contributed by atoms with Crippen LogP contribution in [0.4, 0.5) is 0 Å². The molecule has 580 valence electrons. The molecule has 0 aliphatic carbocycles. The van der Waals surface area contributed by atoms with Gasteiger partial charge in [-0.25, -0.2) is 9.13 Å². The van der Waals surface area contributed by atoms with Crippen LogP contribution in [-0.2, 0) is 65.4 Å². The third-order valence-corrected chi connectivity index (χ3v) is 18.8. The summed E-state index contributed by atoms with van der Waals surface area (Å²) in [6.07, 6.45) is 75.7. The minimum Gasteiger partial charge on any atom is -0.462 e. The number of carbonyl (C=O) groups excluding carboxylic acids is 4. The number of esters is 4. The summed E-state index contributed by atoms with van der Waals surface area (Å²) in [6.45, 7) is 4.78. The lowest BCUT2D eigenvalue weighted by atomic mass is 10.0. The van der Waals surface area contributed by atoms with E-state index in [2.05, 4.69) is 101 Å². The number of phosphoric ester groups is 2. The molecular weight excluding hydrogens is 1310 g/mol. The Bertz CT molecular complexity index is 2230. The van der Waals surface area contributed by atoms with Gasteiger partial charge in [0.05, 0.1) is 26.4 Å². The smallest absolute Gasteiger partial charge is 0.462 e. The summed E-state index contributed by atoms with van der Waals surface area (Å²) >= 11 is 0. The van der Waals surface area contributed by atoms with Gasteiger partial charge in [-0.2, -0.15) is 0 Å². The van der Waals surface area contributed by atoms with Crippen molar-refractivity contribution in [2.45, 2.75) is 367 Å². The molecule has 5 atom stereocenters. The van der Waals surface area contributed by atoms with Gasteiger partial charge in [0.2, 0.25) is 0 Å². The molecule has 0 heterocycles. The lowest BCUT2D eigenvalue weighted by Gasteiger charge is -2.21. The van der Waals surface area contributed by atoms with Gasteiger partial charge in [0.15, 0.2) is 12.2 Å². The van der Waals surface area contributed by atoms with E-state index < -0.39 is 97.5 Å². The van der Waals surface area contributed by atoms with Gasteiger partial charge >= 0.3 is 39.5 Å². The van der Waals surface area contributed by atoms with E-state index >= 15 is 0 Å². The van der Waals surface area contributed by atoms with Crippen molar-refractivity contribution >= 4 is 39.5 Å². The zero-order chi connectivity index (χ0) is 73.2. The van der Waals surface area contributed by atoms with Gasteiger partial charge in [-0.05, 0) is 116 Å². The highest BCUT2D eigenvalue weighted by Gasteiger charge is 2.30. The number of phosphoric acid groups is 2. The van der Waals surface area contributed by atoms with Crippen molar-refractivity contribution in [1.82, 2.24) is 0 Å². The Morgan fingerprint density at radius 2 is 0.530 bits per heavy atom. The second-order valence-electron chi connectivity index (χ2n) is 26.7. The molecule has 0 aromatic carbocycles. The maximum absolute atomic E-state index is 13.1. The van der Waals surface area contributed by atoms with Crippen LogP contribution in [0.25, 0.3) is 0 Å². The maximum Gasteiger partial charge on any atom is 0.472 e. The first-order valence-electron chi connectivity index (χ1n) is 39.8. The first kappa shape index (κ1) is 96.2. The van der Waals surface area contributed by atoms with E-state index in [4.69, 9.17) is 37.0 Å². The van der Waals surface area contributed by atoms with Crippen LogP contribution in [0.15, 0.2) is 85.1 Å². The first-order valence-corrected chi connectivity index (χ1v) is 42.8. The fraction of sp³-hybridized carbons (Fsp3) is 0.778. The summed E-state index contributed by atoms with van der Waals surface area (Å²) in [4.78, 5) is 72.9. The topological polar surface area (TPSA) is 237 Å². The summed E-state index contributed by atoms with van der Waals surface area (Å²) in [5.74, 6) is -2.24. The molecule has 19 heteroatoms.